The number of anilines is 1. The van der Waals surface area contributed by atoms with Gasteiger partial charge in [-0.1, -0.05) is 6.92 Å². The molecular formula is C18H22FN3O3S. The van der Waals surface area contributed by atoms with Crippen LogP contribution >= 0.6 is 0 Å². The molecule has 0 saturated heterocycles. The normalized spacial score (nSPS) is 11.2. The molecule has 8 heteroatoms. The molecule has 0 aliphatic rings. The molecule has 3 N–H and O–H groups in total. The van der Waals surface area contributed by atoms with Crippen molar-refractivity contribution in [2.75, 3.05) is 24.4 Å². The Labute approximate surface area is 152 Å². The number of hydrogen-bond acceptors (Lipinski definition) is 4. The third-order valence-corrected chi connectivity index (χ3v) is 5.06. The fourth-order valence-corrected chi connectivity index (χ4v) is 3.37. The Hall–Kier alpha value is -2.45. The average Bonchev–Trinajstić information content (AvgIpc) is 2.61. The van der Waals surface area contributed by atoms with Gasteiger partial charge in [0.1, 0.15) is 5.82 Å². The first-order valence-corrected chi connectivity index (χ1v) is 9.70. The molecule has 0 atom stereocenters. The highest BCUT2D eigenvalue weighted by Crippen LogP contribution is 2.19. The van der Waals surface area contributed by atoms with Crippen molar-refractivity contribution in [3.63, 3.8) is 0 Å². The summed E-state index contributed by atoms with van der Waals surface area (Å²) in [6.07, 6.45) is 0. The summed E-state index contributed by atoms with van der Waals surface area (Å²) in [6.45, 7) is 5.49. The molecule has 0 bridgehead atoms. The molecule has 1 amide bonds. The van der Waals surface area contributed by atoms with E-state index in [1.807, 2.05) is 6.92 Å². The Morgan fingerprint density at radius 2 is 1.77 bits per heavy atom. The van der Waals surface area contributed by atoms with Crippen LogP contribution in [0.25, 0.3) is 0 Å². The number of likely N-dealkylation sites (N-methyl/N-ethyl adjacent to an activating group) is 1. The Bertz CT molecular complexity index is 868. The van der Waals surface area contributed by atoms with Crippen molar-refractivity contribution >= 4 is 21.6 Å². The van der Waals surface area contributed by atoms with Gasteiger partial charge >= 0.3 is 0 Å². The third-order valence-electron chi connectivity index (χ3n) is 3.68. The zero-order chi connectivity index (χ0) is 19.2. The molecule has 26 heavy (non-hydrogen) atoms. The van der Waals surface area contributed by atoms with E-state index in [9.17, 15) is 17.6 Å². The lowest BCUT2D eigenvalue weighted by Gasteiger charge is -2.10. The molecule has 0 fully saturated rings. The van der Waals surface area contributed by atoms with Crippen LogP contribution in [0.2, 0.25) is 0 Å². The maximum absolute atomic E-state index is 13.3. The number of nitrogens with one attached hydrogen (secondary N) is 3. The van der Waals surface area contributed by atoms with Crippen LogP contribution in [0.1, 0.15) is 22.8 Å². The van der Waals surface area contributed by atoms with Crippen molar-refractivity contribution in [2.24, 2.45) is 0 Å². The van der Waals surface area contributed by atoms with E-state index in [1.165, 1.54) is 43.3 Å². The molecular weight excluding hydrogens is 357 g/mol. The lowest BCUT2D eigenvalue weighted by atomic mass is 10.2. The van der Waals surface area contributed by atoms with E-state index in [2.05, 4.69) is 15.4 Å². The van der Waals surface area contributed by atoms with Gasteiger partial charge < -0.3 is 10.6 Å². The molecule has 0 aliphatic heterocycles. The number of sulfonamides is 1. The van der Waals surface area contributed by atoms with E-state index in [1.54, 1.807) is 0 Å². The molecule has 0 radical (unpaired) electrons. The Kier molecular flexibility index (Phi) is 6.70. The van der Waals surface area contributed by atoms with E-state index in [0.717, 1.165) is 12.6 Å². The number of amides is 1. The number of carbonyl (C=O) groups excluding carboxylic acids is 1. The zero-order valence-electron chi connectivity index (χ0n) is 14.7. The summed E-state index contributed by atoms with van der Waals surface area (Å²) in [5, 5.41) is 5.86. The second kappa shape index (κ2) is 8.77. The Morgan fingerprint density at radius 1 is 1.08 bits per heavy atom. The van der Waals surface area contributed by atoms with Crippen LogP contribution in [0.5, 0.6) is 0 Å². The van der Waals surface area contributed by atoms with Gasteiger partial charge in [-0.15, -0.1) is 0 Å². The Balaban J connectivity index is 2.03. The fraction of sp³-hybridized carbons (Fsp3) is 0.278. The fourth-order valence-electron chi connectivity index (χ4n) is 2.23. The van der Waals surface area contributed by atoms with E-state index in [4.69, 9.17) is 0 Å². The summed E-state index contributed by atoms with van der Waals surface area (Å²) >= 11 is 0. The topological polar surface area (TPSA) is 87.3 Å². The molecule has 0 heterocycles. The summed E-state index contributed by atoms with van der Waals surface area (Å²) < 4.78 is 40.5. The average molecular weight is 379 g/mol. The second-order valence-corrected chi connectivity index (χ2v) is 7.39. The van der Waals surface area contributed by atoms with Crippen LogP contribution in [0.15, 0.2) is 47.4 Å². The summed E-state index contributed by atoms with van der Waals surface area (Å²) in [7, 11) is -3.83. The SMILES string of the molecule is CCNCCNC(=O)c1ccc(NS(=O)(=O)c2ccc(F)c(C)c2)cc1. The van der Waals surface area contributed by atoms with Crippen molar-refractivity contribution in [2.45, 2.75) is 18.7 Å². The van der Waals surface area contributed by atoms with Crippen LogP contribution in [0, 0.1) is 12.7 Å². The van der Waals surface area contributed by atoms with Gasteiger partial charge in [-0.3, -0.25) is 9.52 Å². The molecule has 0 spiro atoms. The highest BCUT2D eigenvalue weighted by molar-refractivity contribution is 7.92. The predicted octanol–water partition coefficient (Wildman–Crippen LogP) is 2.27. The molecule has 0 saturated carbocycles. The number of hydrogen-bond donors (Lipinski definition) is 3. The van der Waals surface area contributed by atoms with Gasteiger partial charge in [0.2, 0.25) is 0 Å². The van der Waals surface area contributed by atoms with Crippen LogP contribution in [-0.4, -0.2) is 34.0 Å². The van der Waals surface area contributed by atoms with Crippen molar-refractivity contribution in [3.05, 3.63) is 59.4 Å². The summed E-state index contributed by atoms with van der Waals surface area (Å²) in [5.41, 5.74) is 0.996. The summed E-state index contributed by atoms with van der Waals surface area (Å²) in [6, 6.07) is 9.68. The first-order valence-electron chi connectivity index (χ1n) is 8.21. The maximum atomic E-state index is 13.3. The van der Waals surface area contributed by atoms with Crippen molar-refractivity contribution < 1.29 is 17.6 Å². The monoisotopic (exact) mass is 379 g/mol. The van der Waals surface area contributed by atoms with E-state index >= 15 is 0 Å². The van der Waals surface area contributed by atoms with Gasteiger partial charge in [0, 0.05) is 24.3 Å². The molecule has 0 aliphatic carbocycles. The number of benzene rings is 2. The minimum atomic E-state index is -3.83. The lowest BCUT2D eigenvalue weighted by Crippen LogP contribution is -2.31. The summed E-state index contributed by atoms with van der Waals surface area (Å²) in [5.74, 6) is -0.695. The first kappa shape index (κ1) is 19.9. The van der Waals surface area contributed by atoms with Crippen molar-refractivity contribution in [1.82, 2.24) is 10.6 Å². The van der Waals surface area contributed by atoms with Crippen LogP contribution in [-0.2, 0) is 10.0 Å². The molecule has 2 aromatic rings. The van der Waals surface area contributed by atoms with Crippen molar-refractivity contribution in [3.8, 4) is 0 Å². The first-order chi connectivity index (χ1) is 12.3. The van der Waals surface area contributed by atoms with Gasteiger partial charge in [0.05, 0.1) is 4.90 Å². The molecule has 140 valence electrons. The quantitative estimate of drug-likeness (QED) is 0.614. The second-order valence-electron chi connectivity index (χ2n) is 5.70. The minimum Gasteiger partial charge on any atom is -0.351 e. The maximum Gasteiger partial charge on any atom is 0.261 e. The molecule has 0 aromatic heterocycles. The standard InChI is InChI=1S/C18H22FN3O3S/c1-3-20-10-11-21-18(23)14-4-6-15(7-5-14)22-26(24,25)16-8-9-17(19)13(2)12-16/h4-9,12,20,22H,3,10-11H2,1-2H3,(H,21,23). The molecule has 6 nitrogen and oxygen atoms in total. The summed E-state index contributed by atoms with van der Waals surface area (Å²) in [4.78, 5) is 12.0. The van der Waals surface area contributed by atoms with E-state index in [0.29, 0.717) is 24.3 Å². The lowest BCUT2D eigenvalue weighted by molar-refractivity contribution is 0.0954. The largest absolute Gasteiger partial charge is 0.351 e. The molecule has 2 rings (SSSR count). The number of rotatable bonds is 8. The van der Waals surface area contributed by atoms with E-state index < -0.39 is 15.8 Å². The van der Waals surface area contributed by atoms with Crippen LogP contribution < -0.4 is 15.4 Å². The third kappa shape index (κ3) is 5.27. The zero-order valence-corrected chi connectivity index (χ0v) is 15.5. The smallest absolute Gasteiger partial charge is 0.261 e. The minimum absolute atomic E-state index is 0.0263. The van der Waals surface area contributed by atoms with Gasteiger partial charge in [-0.05, 0) is 61.5 Å². The number of halogens is 1. The van der Waals surface area contributed by atoms with Crippen LogP contribution in [0.3, 0.4) is 0 Å². The van der Waals surface area contributed by atoms with Gasteiger partial charge in [-0.25, -0.2) is 12.8 Å². The number of carbonyl (C=O) groups is 1. The molecule has 0 unspecified atom stereocenters. The van der Waals surface area contributed by atoms with Crippen molar-refractivity contribution in [1.29, 1.82) is 0 Å². The molecule has 2 aromatic carbocycles. The Morgan fingerprint density at radius 3 is 2.38 bits per heavy atom. The van der Waals surface area contributed by atoms with Gasteiger partial charge in [0.15, 0.2) is 0 Å². The van der Waals surface area contributed by atoms with Gasteiger partial charge in [0.25, 0.3) is 15.9 Å². The highest BCUT2D eigenvalue weighted by Gasteiger charge is 2.16. The van der Waals surface area contributed by atoms with Crippen LogP contribution in [0.4, 0.5) is 10.1 Å². The number of aryl methyl sites for hydroxylation is 1. The van der Waals surface area contributed by atoms with Gasteiger partial charge in [-0.2, -0.15) is 0 Å². The predicted molar refractivity (Wildman–Crippen MR) is 99.3 cm³/mol. The highest BCUT2D eigenvalue weighted by atomic mass is 32.2. The van der Waals surface area contributed by atoms with E-state index in [-0.39, 0.29) is 16.4 Å².